The first-order valence-corrected chi connectivity index (χ1v) is 9.22. The maximum atomic E-state index is 12.7. The van der Waals surface area contributed by atoms with Crippen LogP contribution in [0.1, 0.15) is 61.0 Å². The van der Waals surface area contributed by atoms with Crippen LogP contribution in [0.3, 0.4) is 0 Å². The zero-order chi connectivity index (χ0) is 18.7. The van der Waals surface area contributed by atoms with Crippen molar-refractivity contribution in [2.75, 3.05) is 13.1 Å². The molecular weight excluding hydrogens is 334 g/mol. The molecule has 2 aromatic heterocycles. The van der Waals surface area contributed by atoms with Gasteiger partial charge >= 0.3 is 5.69 Å². The van der Waals surface area contributed by atoms with Gasteiger partial charge in [-0.1, -0.05) is 6.92 Å². The molecule has 8 nitrogen and oxygen atoms in total. The summed E-state index contributed by atoms with van der Waals surface area (Å²) in [5, 5.41) is 3.02. The van der Waals surface area contributed by atoms with Crippen molar-refractivity contribution >= 4 is 16.9 Å². The number of rotatable bonds is 8. The fourth-order valence-corrected chi connectivity index (χ4v) is 3.06. The van der Waals surface area contributed by atoms with E-state index >= 15 is 0 Å². The zero-order valence-electron chi connectivity index (χ0n) is 15.0. The molecule has 0 bridgehead atoms. The number of amides is 1. The van der Waals surface area contributed by atoms with E-state index in [0.717, 1.165) is 37.8 Å². The van der Waals surface area contributed by atoms with E-state index in [1.165, 1.54) is 4.57 Å². The smallest absolute Gasteiger partial charge is 0.329 e. The van der Waals surface area contributed by atoms with E-state index in [-0.39, 0.29) is 16.9 Å². The monoisotopic (exact) mass is 359 g/mol. The molecule has 1 aliphatic carbocycles. The summed E-state index contributed by atoms with van der Waals surface area (Å²) < 4.78 is 1.45. The van der Waals surface area contributed by atoms with Crippen molar-refractivity contribution in [2.24, 2.45) is 5.73 Å². The van der Waals surface area contributed by atoms with E-state index in [2.05, 4.69) is 15.3 Å². The molecule has 0 radical (unpaired) electrons. The highest BCUT2D eigenvalue weighted by Crippen LogP contribution is 2.39. The Morgan fingerprint density at radius 1 is 1.38 bits per heavy atom. The predicted octanol–water partition coefficient (Wildman–Crippen LogP) is 0.841. The molecule has 0 aromatic carbocycles. The van der Waals surface area contributed by atoms with Gasteiger partial charge in [-0.05, 0) is 44.7 Å². The highest BCUT2D eigenvalue weighted by atomic mass is 16.2. The molecule has 0 atom stereocenters. The van der Waals surface area contributed by atoms with E-state index in [9.17, 15) is 14.4 Å². The third-order valence-electron chi connectivity index (χ3n) is 4.57. The van der Waals surface area contributed by atoms with Crippen molar-refractivity contribution in [2.45, 2.75) is 51.5 Å². The first kappa shape index (κ1) is 18.3. The van der Waals surface area contributed by atoms with Gasteiger partial charge in [0.1, 0.15) is 0 Å². The van der Waals surface area contributed by atoms with Crippen LogP contribution in [0.4, 0.5) is 0 Å². The normalized spacial score (nSPS) is 13.9. The number of H-pyrrole nitrogens is 1. The quantitative estimate of drug-likeness (QED) is 0.603. The molecule has 0 unspecified atom stereocenters. The second-order valence-corrected chi connectivity index (χ2v) is 6.73. The van der Waals surface area contributed by atoms with Crippen molar-refractivity contribution in [1.29, 1.82) is 0 Å². The summed E-state index contributed by atoms with van der Waals surface area (Å²) in [5.41, 5.74) is 5.78. The van der Waals surface area contributed by atoms with Crippen LogP contribution in [0.15, 0.2) is 15.7 Å². The molecule has 2 heterocycles. The van der Waals surface area contributed by atoms with Crippen LogP contribution in [0.25, 0.3) is 11.0 Å². The van der Waals surface area contributed by atoms with E-state index in [4.69, 9.17) is 5.73 Å². The van der Waals surface area contributed by atoms with Gasteiger partial charge in [0.25, 0.3) is 11.5 Å². The largest absolute Gasteiger partial charge is 0.352 e. The Bertz CT molecular complexity index is 927. The van der Waals surface area contributed by atoms with E-state index in [0.29, 0.717) is 31.2 Å². The molecular formula is C18H25N5O3. The minimum atomic E-state index is -0.570. The topological polar surface area (TPSA) is 123 Å². The average molecular weight is 359 g/mol. The van der Waals surface area contributed by atoms with Gasteiger partial charge in [0.15, 0.2) is 5.65 Å². The summed E-state index contributed by atoms with van der Waals surface area (Å²) >= 11 is 0. The van der Waals surface area contributed by atoms with Crippen molar-refractivity contribution in [1.82, 2.24) is 19.9 Å². The minimum Gasteiger partial charge on any atom is -0.352 e. The number of nitrogens with two attached hydrogens (primary N) is 1. The SMILES string of the molecule is CCCn1c(=O)[nH]c(=O)c2c(C(=O)NCCCCN)cc(C3CC3)nc21. The summed E-state index contributed by atoms with van der Waals surface area (Å²) in [6.07, 6.45) is 4.34. The number of carbonyl (C=O) groups is 1. The van der Waals surface area contributed by atoms with Crippen LogP contribution >= 0.6 is 0 Å². The molecule has 8 heteroatoms. The van der Waals surface area contributed by atoms with Gasteiger partial charge in [-0.25, -0.2) is 9.78 Å². The van der Waals surface area contributed by atoms with Gasteiger partial charge in [0.05, 0.1) is 10.9 Å². The number of carbonyl (C=O) groups excluding carboxylic acids is 1. The number of hydrogen-bond acceptors (Lipinski definition) is 5. The molecule has 1 saturated carbocycles. The Labute approximate surface area is 150 Å². The first-order chi connectivity index (χ1) is 12.6. The van der Waals surface area contributed by atoms with Crippen LogP contribution in [-0.4, -0.2) is 33.5 Å². The number of aryl methyl sites for hydroxylation is 1. The Balaban J connectivity index is 2.11. The molecule has 140 valence electrons. The standard InChI is InChI=1S/C18H25N5O3/c1-2-9-23-15-14(17(25)22-18(23)26)12(10-13(21-15)11-5-6-11)16(24)20-8-4-3-7-19/h10-11H,2-9,19H2,1H3,(H,20,24)(H,22,25,26). The Hall–Kier alpha value is -2.48. The maximum Gasteiger partial charge on any atom is 0.329 e. The lowest BCUT2D eigenvalue weighted by molar-refractivity contribution is 0.0954. The van der Waals surface area contributed by atoms with Crippen molar-refractivity contribution in [3.8, 4) is 0 Å². The predicted molar refractivity (Wildman–Crippen MR) is 99.5 cm³/mol. The Kier molecular flexibility index (Phi) is 5.51. The van der Waals surface area contributed by atoms with E-state index < -0.39 is 11.2 Å². The number of hydrogen-bond donors (Lipinski definition) is 3. The Morgan fingerprint density at radius 3 is 2.81 bits per heavy atom. The molecule has 26 heavy (non-hydrogen) atoms. The van der Waals surface area contributed by atoms with Crippen LogP contribution < -0.4 is 22.3 Å². The molecule has 4 N–H and O–H groups in total. The first-order valence-electron chi connectivity index (χ1n) is 9.22. The molecule has 2 aromatic rings. The number of unbranched alkanes of at least 4 members (excludes halogenated alkanes) is 1. The van der Waals surface area contributed by atoms with Crippen LogP contribution in [0.2, 0.25) is 0 Å². The van der Waals surface area contributed by atoms with E-state index in [1.54, 1.807) is 6.07 Å². The number of pyridine rings is 1. The van der Waals surface area contributed by atoms with E-state index in [1.807, 2.05) is 6.92 Å². The van der Waals surface area contributed by atoms with Gasteiger partial charge in [0, 0.05) is 24.7 Å². The minimum absolute atomic E-state index is 0.179. The second-order valence-electron chi connectivity index (χ2n) is 6.73. The second kappa shape index (κ2) is 7.82. The highest BCUT2D eigenvalue weighted by Gasteiger charge is 2.28. The zero-order valence-corrected chi connectivity index (χ0v) is 15.0. The summed E-state index contributed by atoms with van der Waals surface area (Å²) in [6.45, 7) is 3.44. The molecule has 0 spiro atoms. The summed E-state index contributed by atoms with van der Waals surface area (Å²) in [4.78, 5) is 44.3. The van der Waals surface area contributed by atoms with Crippen molar-refractivity contribution in [3.63, 3.8) is 0 Å². The van der Waals surface area contributed by atoms with Gasteiger partial charge in [0.2, 0.25) is 0 Å². The van der Waals surface area contributed by atoms with Gasteiger partial charge in [-0.15, -0.1) is 0 Å². The molecule has 0 saturated heterocycles. The fraction of sp³-hybridized carbons (Fsp3) is 0.556. The Morgan fingerprint density at radius 2 is 2.15 bits per heavy atom. The molecule has 1 aliphatic rings. The average Bonchev–Trinajstić information content (AvgIpc) is 3.46. The number of aromatic nitrogens is 3. The fourth-order valence-electron chi connectivity index (χ4n) is 3.06. The molecule has 1 amide bonds. The number of fused-ring (bicyclic) bond motifs is 1. The van der Waals surface area contributed by atoms with Crippen molar-refractivity contribution < 1.29 is 4.79 Å². The van der Waals surface area contributed by atoms with Gasteiger partial charge in [-0.3, -0.25) is 19.1 Å². The van der Waals surface area contributed by atoms with Crippen LogP contribution in [-0.2, 0) is 6.54 Å². The molecule has 3 rings (SSSR count). The van der Waals surface area contributed by atoms with Crippen molar-refractivity contribution in [3.05, 3.63) is 38.2 Å². The number of nitrogens with zero attached hydrogens (tertiary/aromatic N) is 2. The van der Waals surface area contributed by atoms with Crippen LogP contribution in [0, 0.1) is 0 Å². The number of nitrogens with one attached hydrogen (secondary N) is 2. The summed E-state index contributed by atoms with van der Waals surface area (Å²) in [6, 6.07) is 1.70. The number of aromatic amines is 1. The van der Waals surface area contributed by atoms with Gasteiger partial charge in [-0.2, -0.15) is 0 Å². The maximum absolute atomic E-state index is 12.7. The lowest BCUT2D eigenvalue weighted by atomic mass is 10.1. The van der Waals surface area contributed by atoms with Crippen LogP contribution in [0.5, 0.6) is 0 Å². The summed E-state index contributed by atoms with van der Waals surface area (Å²) in [7, 11) is 0. The molecule has 1 fully saturated rings. The third-order valence-corrected chi connectivity index (χ3v) is 4.57. The summed E-state index contributed by atoms with van der Waals surface area (Å²) in [5.74, 6) is -0.0174. The lowest BCUT2D eigenvalue weighted by Crippen LogP contribution is -2.33. The lowest BCUT2D eigenvalue weighted by Gasteiger charge is -2.13. The highest BCUT2D eigenvalue weighted by molar-refractivity contribution is 6.05. The van der Waals surface area contributed by atoms with Gasteiger partial charge < -0.3 is 11.1 Å². The molecule has 0 aliphatic heterocycles. The third kappa shape index (κ3) is 3.70.